The first-order valence-corrected chi connectivity index (χ1v) is 7.71. The van der Waals surface area contributed by atoms with E-state index in [1.807, 2.05) is 0 Å². The second-order valence-electron chi connectivity index (χ2n) is 4.58. The number of sulfonamides is 1. The van der Waals surface area contributed by atoms with Crippen LogP contribution in [-0.2, 0) is 19.6 Å². The average Bonchev–Trinajstić information content (AvgIpc) is 2.29. The Balaban J connectivity index is 2.94. The summed E-state index contributed by atoms with van der Waals surface area (Å²) in [6, 6.07) is 0. The average molecular weight is 279 g/mol. The fourth-order valence-electron chi connectivity index (χ4n) is 2.34. The summed E-state index contributed by atoms with van der Waals surface area (Å²) < 4.78 is 30.3. The SMILES string of the molecule is CCOC(C)NS(=O)(=O)C1(C(=O)O)CCCCC1. The van der Waals surface area contributed by atoms with Crippen molar-refractivity contribution in [2.45, 2.75) is 56.9 Å². The van der Waals surface area contributed by atoms with Crippen molar-refractivity contribution in [3.63, 3.8) is 0 Å². The predicted octanol–water partition coefficient (Wildman–Crippen LogP) is 1.08. The molecule has 0 heterocycles. The van der Waals surface area contributed by atoms with Crippen LogP contribution in [0.4, 0.5) is 0 Å². The number of carboxylic acid groups (broad SMARTS) is 1. The lowest BCUT2D eigenvalue weighted by atomic mass is 9.88. The lowest BCUT2D eigenvalue weighted by Crippen LogP contribution is -2.55. The van der Waals surface area contributed by atoms with Gasteiger partial charge in [-0.25, -0.2) is 8.42 Å². The highest BCUT2D eigenvalue weighted by atomic mass is 32.2. The standard InChI is InChI=1S/C11H21NO5S/c1-3-17-9(2)12-18(15,16)11(10(13)14)7-5-4-6-8-11/h9,12H,3-8H2,1-2H3,(H,13,14). The van der Waals surface area contributed by atoms with Gasteiger partial charge in [-0.2, -0.15) is 4.72 Å². The van der Waals surface area contributed by atoms with E-state index >= 15 is 0 Å². The summed E-state index contributed by atoms with van der Waals surface area (Å²) in [5.74, 6) is -1.27. The lowest BCUT2D eigenvalue weighted by molar-refractivity contribution is -0.141. The van der Waals surface area contributed by atoms with Crippen LogP contribution in [0.15, 0.2) is 0 Å². The molecule has 0 aliphatic heterocycles. The molecule has 1 aliphatic rings. The minimum atomic E-state index is -3.94. The second-order valence-corrected chi connectivity index (χ2v) is 6.60. The second kappa shape index (κ2) is 5.99. The highest BCUT2D eigenvalue weighted by Crippen LogP contribution is 2.35. The van der Waals surface area contributed by atoms with Crippen LogP contribution < -0.4 is 4.72 Å². The zero-order valence-electron chi connectivity index (χ0n) is 10.8. The molecule has 0 amide bonds. The maximum Gasteiger partial charge on any atom is 0.326 e. The molecule has 1 atom stereocenters. The van der Waals surface area contributed by atoms with Crippen LogP contribution in [0.3, 0.4) is 0 Å². The number of hydrogen-bond acceptors (Lipinski definition) is 4. The highest BCUT2D eigenvalue weighted by molar-refractivity contribution is 7.91. The largest absolute Gasteiger partial charge is 0.480 e. The van der Waals surface area contributed by atoms with Gasteiger partial charge < -0.3 is 9.84 Å². The Kier molecular flexibility index (Phi) is 5.12. The zero-order chi connectivity index (χ0) is 13.8. The van der Waals surface area contributed by atoms with E-state index in [-0.39, 0.29) is 12.8 Å². The maximum absolute atomic E-state index is 12.3. The number of aliphatic carboxylic acids is 1. The Morgan fingerprint density at radius 3 is 2.39 bits per heavy atom. The van der Waals surface area contributed by atoms with Gasteiger partial charge in [0.15, 0.2) is 4.75 Å². The van der Waals surface area contributed by atoms with Gasteiger partial charge in [0.05, 0.1) is 0 Å². The van der Waals surface area contributed by atoms with Crippen molar-refractivity contribution >= 4 is 16.0 Å². The van der Waals surface area contributed by atoms with E-state index < -0.39 is 27.0 Å². The van der Waals surface area contributed by atoms with E-state index in [0.717, 1.165) is 6.42 Å². The number of nitrogens with one attached hydrogen (secondary N) is 1. The summed E-state index contributed by atoms with van der Waals surface area (Å²) in [4.78, 5) is 11.4. The number of rotatable bonds is 6. The van der Waals surface area contributed by atoms with Crippen LogP contribution in [-0.4, -0.2) is 37.1 Å². The Labute approximate surface area is 108 Å². The monoisotopic (exact) mass is 279 g/mol. The van der Waals surface area contributed by atoms with E-state index in [1.54, 1.807) is 13.8 Å². The maximum atomic E-state index is 12.3. The van der Waals surface area contributed by atoms with E-state index in [1.165, 1.54) is 0 Å². The van der Waals surface area contributed by atoms with Gasteiger partial charge in [-0.3, -0.25) is 4.79 Å². The first-order valence-electron chi connectivity index (χ1n) is 6.22. The minimum absolute atomic E-state index is 0.163. The van der Waals surface area contributed by atoms with Crippen molar-refractivity contribution in [2.24, 2.45) is 0 Å². The molecule has 0 saturated heterocycles. The number of ether oxygens (including phenoxy) is 1. The van der Waals surface area contributed by atoms with Crippen LogP contribution in [0.5, 0.6) is 0 Å². The van der Waals surface area contributed by atoms with E-state index in [4.69, 9.17) is 4.74 Å². The van der Waals surface area contributed by atoms with Crippen LogP contribution >= 0.6 is 0 Å². The first-order chi connectivity index (χ1) is 8.35. The van der Waals surface area contributed by atoms with Gasteiger partial charge in [0, 0.05) is 6.61 Å². The summed E-state index contributed by atoms with van der Waals surface area (Å²) in [6.45, 7) is 3.67. The Morgan fingerprint density at radius 2 is 1.94 bits per heavy atom. The van der Waals surface area contributed by atoms with Crippen molar-refractivity contribution in [2.75, 3.05) is 6.61 Å². The van der Waals surface area contributed by atoms with Crippen LogP contribution in [0.25, 0.3) is 0 Å². The van der Waals surface area contributed by atoms with Crippen LogP contribution in [0.1, 0.15) is 46.0 Å². The van der Waals surface area contributed by atoms with Gasteiger partial charge in [-0.1, -0.05) is 19.3 Å². The lowest BCUT2D eigenvalue weighted by Gasteiger charge is -2.33. The summed E-state index contributed by atoms with van der Waals surface area (Å²) in [5, 5.41) is 9.31. The minimum Gasteiger partial charge on any atom is -0.480 e. The normalized spacial score (nSPS) is 21.4. The van der Waals surface area contributed by atoms with Crippen molar-refractivity contribution in [1.29, 1.82) is 0 Å². The molecule has 1 unspecified atom stereocenters. The Hall–Kier alpha value is -0.660. The molecule has 0 aromatic heterocycles. The first kappa shape index (κ1) is 15.4. The van der Waals surface area contributed by atoms with Crippen molar-refractivity contribution < 1.29 is 23.1 Å². The third-order valence-corrected chi connectivity index (χ3v) is 5.56. The Bertz CT molecular complexity index is 386. The fourth-order valence-corrected chi connectivity index (χ4v) is 4.12. The van der Waals surface area contributed by atoms with E-state index in [2.05, 4.69) is 4.72 Å². The number of carboxylic acids is 1. The molecule has 0 aromatic rings. The van der Waals surface area contributed by atoms with Crippen molar-refractivity contribution in [3.8, 4) is 0 Å². The van der Waals surface area contributed by atoms with Crippen LogP contribution in [0.2, 0.25) is 0 Å². The molecule has 18 heavy (non-hydrogen) atoms. The smallest absolute Gasteiger partial charge is 0.326 e. The van der Waals surface area contributed by atoms with Gasteiger partial charge in [0.25, 0.3) is 0 Å². The van der Waals surface area contributed by atoms with Gasteiger partial charge >= 0.3 is 5.97 Å². The molecule has 0 bridgehead atoms. The van der Waals surface area contributed by atoms with Crippen molar-refractivity contribution in [1.82, 2.24) is 4.72 Å². The molecule has 6 nitrogen and oxygen atoms in total. The van der Waals surface area contributed by atoms with Gasteiger partial charge in [0.2, 0.25) is 10.0 Å². The summed E-state index contributed by atoms with van der Waals surface area (Å²) >= 11 is 0. The number of hydrogen-bond donors (Lipinski definition) is 2. The molecule has 1 rings (SSSR count). The molecule has 0 spiro atoms. The third-order valence-electron chi connectivity index (χ3n) is 3.30. The molecule has 1 aliphatic carbocycles. The predicted molar refractivity (Wildman–Crippen MR) is 66.6 cm³/mol. The van der Waals surface area contributed by atoms with E-state index in [9.17, 15) is 18.3 Å². The number of carbonyl (C=O) groups is 1. The summed E-state index contributed by atoms with van der Waals surface area (Å²) in [6.07, 6.45) is 1.74. The van der Waals surface area contributed by atoms with E-state index in [0.29, 0.717) is 19.4 Å². The summed E-state index contributed by atoms with van der Waals surface area (Å²) in [7, 11) is -3.94. The molecule has 1 saturated carbocycles. The topological polar surface area (TPSA) is 92.7 Å². The summed E-state index contributed by atoms with van der Waals surface area (Å²) in [5.41, 5.74) is 0. The van der Waals surface area contributed by atoms with Crippen LogP contribution in [0, 0.1) is 0 Å². The van der Waals surface area contributed by atoms with Gasteiger partial charge in [-0.15, -0.1) is 0 Å². The molecular weight excluding hydrogens is 258 g/mol. The third kappa shape index (κ3) is 3.02. The molecule has 1 fully saturated rings. The Morgan fingerprint density at radius 1 is 1.39 bits per heavy atom. The molecule has 106 valence electrons. The highest BCUT2D eigenvalue weighted by Gasteiger charge is 2.51. The molecule has 2 N–H and O–H groups in total. The molecular formula is C11H21NO5S. The molecule has 0 aromatic carbocycles. The molecule has 7 heteroatoms. The van der Waals surface area contributed by atoms with Gasteiger partial charge in [-0.05, 0) is 26.7 Å². The fraction of sp³-hybridized carbons (Fsp3) is 0.909. The van der Waals surface area contributed by atoms with Crippen molar-refractivity contribution in [3.05, 3.63) is 0 Å². The van der Waals surface area contributed by atoms with Gasteiger partial charge in [0.1, 0.15) is 6.23 Å². The zero-order valence-corrected chi connectivity index (χ0v) is 11.6. The quantitative estimate of drug-likeness (QED) is 0.710. The molecule has 0 radical (unpaired) electrons.